The molecule has 1 heterocycles. The van der Waals surface area contributed by atoms with E-state index in [0.29, 0.717) is 0 Å². The van der Waals surface area contributed by atoms with Crippen LogP contribution < -0.4 is 0 Å². The first-order valence-electron chi connectivity index (χ1n) is 8.62. The fourth-order valence-electron chi connectivity index (χ4n) is 3.97. The molecule has 0 radical (unpaired) electrons. The summed E-state index contributed by atoms with van der Waals surface area (Å²) < 4.78 is 0. The molecular weight excluding hydrogens is 298 g/mol. The number of likely N-dealkylation sites (tertiary alicyclic amines) is 1. The van der Waals surface area contributed by atoms with Crippen LogP contribution >= 0.6 is 0 Å². The molecule has 1 aliphatic heterocycles. The van der Waals surface area contributed by atoms with Crippen LogP contribution in [0.25, 0.3) is 5.57 Å². The van der Waals surface area contributed by atoms with Crippen LogP contribution in [0.3, 0.4) is 0 Å². The van der Waals surface area contributed by atoms with Crippen molar-refractivity contribution in [3.8, 4) is 0 Å². The Morgan fingerprint density at radius 3 is 1.75 bits per heavy atom. The third-order valence-electron chi connectivity index (χ3n) is 5.34. The van der Waals surface area contributed by atoms with Gasteiger partial charge in [0.25, 0.3) is 0 Å². The summed E-state index contributed by atoms with van der Waals surface area (Å²) in [6, 6.07) is 15.9. The molecule has 0 spiro atoms. The Balaban J connectivity index is 2.00. The predicted molar refractivity (Wildman–Crippen MR) is 95.6 cm³/mol. The van der Waals surface area contributed by atoms with Crippen molar-refractivity contribution in [3.63, 3.8) is 0 Å². The second kappa shape index (κ2) is 6.17. The van der Waals surface area contributed by atoms with Crippen molar-refractivity contribution in [2.45, 2.75) is 25.0 Å². The molecule has 3 heteroatoms. The molecule has 0 aromatic heterocycles. The molecular formula is C21H23NO2. The highest BCUT2D eigenvalue weighted by Crippen LogP contribution is 2.45. The van der Waals surface area contributed by atoms with Gasteiger partial charge in [-0.15, -0.1) is 0 Å². The molecule has 2 atom stereocenters. The van der Waals surface area contributed by atoms with E-state index in [1.807, 2.05) is 36.4 Å². The van der Waals surface area contributed by atoms with Crippen LogP contribution in [0.4, 0.5) is 0 Å². The Hall–Kier alpha value is -1.94. The van der Waals surface area contributed by atoms with Gasteiger partial charge in [-0.05, 0) is 47.7 Å². The number of hydrogen-bond acceptors (Lipinski definition) is 3. The van der Waals surface area contributed by atoms with Gasteiger partial charge < -0.3 is 15.1 Å². The summed E-state index contributed by atoms with van der Waals surface area (Å²) in [5, 5.41) is 21.5. The third kappa shape index (κ3) is 2.49. The highest BCUT2D eigenvalue weighted by Gasteiger charge is 2.32. The first kappa shape index (κ1) is 15.6. The number of benzene rings is 2. The Bertz CT molecular complexity index is 732. The molecule has 2 aromatic rings. The van der Waals surface area contributed by atoms with Crippen LogP contribution in [0.5, 0.6) is 0 Å². The molecule has 0 unspecified atom stereocenters. The molecule has 0 bridgehead atoms. The van der Waals surface area contributed by atoms with Crippen LogP contribution in [-0.2, 0) is 0 Å². The second-order valence-electron chi connectivity index (χ2n) is 6.85. The van der Waals surface area contributed by atoms with Crippen molar-refractivity contribution < 1.29 is 10.2 Å². The molecule has 2 N–H and O–H groups in total. The van der Waals surface area contributed by atoms with E-state index in [1.165, 1.54) is 11.1 Å². The van der Waals surface area contributed by atoms with Crippen molar-refractivity contribution in [1.29, 1.82) is 0 Å². The maximum Gasteiger partial charge on any atom is 0.110 e. The van der Waals surface area contributed by atoms with Crippen molar-refractivity contribution in [3.05, 3.63) is 76.4 Å². The smallest absolute Gasteiger partial charge is 0.110 e. The lowest BCUT2D eigenvalue weighted by Crippen LogP contribution is -2.27. The minimum Gasteiger partial charge on any atom is -0.385 e. The van der Waals surface area contributed by atoms with Gasteiger partial charge in [-0.2, -0.15) is 0 Å². The van der Waals surface area contributed by atoms with Gasteiger partial charge in [0.2, 0.25) is 0 Å². The normalized spacial score (nSPS) is 24.3. The fourth-order valence-corrected chi connectivity index (χ4v) is 3.97. The zero-order valence-corrected chi connectivity index (χ0v) is 13.9. The number of aliphatic hydroxyl groups excluding tert-OH is 2. The Labute approximate surface area is 142 Å². The summed E-state index contributed by atoms with van der Waals surface area (Å²) in [4.78, 5) is 2.35. The zero-order valence-electron chi connectivity index (χ0n) is 13.9. The minimum absolute atomic E-state index is 0.822. The molecule has 0 saturated carbocycles. The maximum atomic E-state index is 10.7. The highest BCUT2D eigenvalue weighted by atomic mass is 16.3. The summed E-state index contributed by atoms with van der Waals surface area (Å²) in [5.74, 6) is 0. The van der Waals surface area contributed by atoms with Crippen molar-refractivity contribution >= 4 is 5.57 Å². The minimum atomic E-state index is -0.897. The molecule has 1 saturated heterocycles. The molecule has 0 amide bonds. The zero-order chi connectivity index (χ0) is 16.7. The van der Waals surface area contributed by atoms with E-state index in [1.54, 1.807) is 0 Å². The Kier molecular flexibility index (Phi) is 4.01. The van der Waals surface area contributed by atoms with Gasteiger partial charge in [-0.1, -0.05) is 54.1 Å². The summed E-state index contributed by atoms with van der Waals surface area (Å²) in [7, 11) is 2.16. The third-order valence-corrected chi connectivity index (χ3v) is 5.34. The van der Waals surface area contributed by atoms with Crippen molar-refractivity contribution in [2.75, 3.05) is 20.1 Å². The molecule has 1 aliphatic carbocycles. The van der Waals surface area contributed by atoms with Crippen molar-refractivity contribution in [2.24, 2.45) is 0 Å². The van der Waals surface area contributed by atoms with Crippen LogP contribution in [0.1, 0.15) is 47.3 Å². The van der Waals surface area contributed by atoms with E-state index in [4.69, 9.17) is 0 Å². The number of nitrogens with zero attached hydrogens (tertiary/aromatic N) is 1. The van der Waals surface area contributed by atoms with Gasteiger partial charge in [0.15, 0.2) is 0 Å². The summed E-state index contributed by atoms with van der Waals surface area (Å²) >= 11 is 0. The monoisotopic (exact) mass is 321 g/mol. The van der Waals surface area contributed by atoms with Crippen LogP contribution in [-0.4, -0.2) is 35.3 Å². The second-order valence-corrected chi connectivity index (χ2v) is 6.85. The average Bonchev–Trinajstić information content (AvgIpc) is 2.71. The van der Waals surface area contributed by atoms with Gasteiger partial charge >= 0.3 is 0 Å². The standard InChI is InChI=1S/C21H23NO2/c1-22-12-10-14(11-13-22)19-15-6-2-4-8-17(15)20(23)21(24)18-9-5-3-7-16(18)19/h2-9,20-21,23-24H,10-13H2,1H3/t20-,21+. The lowest BCUT2D eigenvalue weighted by atomic mass is 9.86. The Morgan fingerprint density at radius 2 is 1.25 bits per heavy atom. The molecule has 124 valence electrons. The number of aliphatic hydroxyl groups is 2. The van der Waals surface area contributed by atoms with E-state index in [9.17, 15) is 10.2 Å². The van der Waals surface area contributed by atoms with Gasteiger partial charge in [0, 0.05) is 13.1 Å². The number of piperidine rings is 1. The first-order valence-corrected chi connectivity index (χ1v) is 8.62. The van der Waals surface area contributed by atoms with E-state index in [2.05, 4.69) is 24.1 Å². The van der Waals surface area contributed by atoms with E-state index < -0.39 is 12.2 Å². The molecule has 24 heavy (non-hydrogen) atoms. The van der Waals surface area contributed by atoms with Gasteiger partial charge in [0.1, 0.15) is 12.2 Å². The summed E-state index contributed by atoms with van der Waals surface area (Å²) in [6.07, 6.45) is 0.264. The lowest BCUT2D eigenvalue weighted by molar-refractivity contribution is 0.0176. The Morgan fingerprint density at radius 1 is 0.792 bits per heavy atom. The first-order chi connectivity index (χ1) is 11.7. The van der Waals surface area contributed by atoms with E-state index in [-0.39, 0.29) is 0 Å². The van der Waals surface area contributed by atoms with Gasteiger partial charge in [-0.25, -0.2) is 0 Å². The quantitative estimate of drug-likeness (QED) is 0.782. The van der Waals surface area contributed by atoms with Crippen LogP contribution in [0.2, 0.25) is 0 Å². The fraction of sp³-hybridized carbons (Fsp3) is 0.333. The molecule has 1 fully saturated rings. The molecule has 3 nitrogen and oxygen atoms in total. The highest BCUT2D eigenvalue weighted by molar-refractivity contribution is 5.86. The summed E-state index contributed by atoms with van der Waals surface area (Å²) in [6.45, 7) is 2.10. The topological polar surface area (TPSA) is 43.7 Å². The largest absolute Gasteiger partial charge is 0.385 e. The number of rotatable bonds is 0. The van der Waals surface area contributed by atoms with Crippen LogP contribution in [0, 0.1) is 0 Å². The molecule has 4 rings (SSSR count). The average molecular weight is 321 g/mol. The number of fused-ring (bicyclic) bond motifs is 2. The molecule has 2 aliphatic rings. The SMILES string of the molecule is CN1CCC(=C2c3ccccc3[C@@H](O)[C@@H](O)c3ccccc32)CC1. The molecule has 2 aromatic carbocycles. The number of hydrogen-bond donors (Lipinski definition) is 2. The van der Waals surface area contributed by atoms with E-state index >= 15 is 0 Å². The summed E-state index contributed by atoms with van der Waals surface area (Å²) in [5.41, 5.74) is 6.41. The predicted octanol–water partition coefficient (Wildman–Crippen LogP) is 3.29. The lowest BCUT2D eigenvalue weighted by Gasteiger charge is -2.27. The van der Waals surface area contributed by atoms with Gasteiger partial charge in [-0.3, -0.25) is 0 Å². The maximum absolute atomic E-state index is 10.7. The van der Waals surface area contributed by atoms with E-state index in [0.717, 1.165) is 48.2 Å². The van der Waals surface area contributed by atoms with Gasteiger partial charge in [0.05, 0.1) is 0 Å². The van der Waals surface area contributed by atoms with Crippen LogP contribution in [0.15, 0.2) is 54.1 Å². The van der Waals surface area contributed by atoms with Crippen molar-refractivity contribution in [1.82, 2.24) is 4.90 Å².